The fraction of sp³-hybridized carbons (Fsp3) is 0.745. The fourth-order valence-corrected chi connectivity index (χ4v) is 7.92. The second-order valence-corrected chi connectivity index (χ2v) is 17.3. The predicted molar refractivity (Wildman–Crippen MR) is 241 cm³/mol. The highest BCUT2D eigenvalue weighted by Crippen LogP contribution is 2.36. The average Bonchev–Trinajstić information content (AvgIpc) is 3.59. The molecule has 2 rings (SSSR count). The molecule has 1 atom stereocenters. The lowest BCUT2D eigenvalue weighted by Crippen LogP contribution is -2.36. The van der Waals surface area contributed by atoms with E-state index >= 15 is 0 Å². The van der Waals surface area contributed by atoms with Crippen molar-refractivity contribution in [2.24, 2.45) is 0 Å². The Kier molecular flexibility index (Phi) is 29.5. The van der Waals surface area contributed by atoms with Gasteiger partial charge in [0.25, 0.3) is 0 Å². The van der Waals surface area contributed by atoms with E-state index in [4.69, 9.17) is 9.47 Å². The van der Waals surface area contributed by atoms with Gasteiger partial charge in [0.2, 0.25) is 0 Å². The SMILES string of the molecule is CCCCC/C=C\C/C=C\CCCCCCCCC1(CCCCCCCC/C=C\C/C=C\CCCCC)OCC(CCN(C)CC(C)(C)c2ccncc2)O1. The fourth-order valence-electron chi connectivity index (χ4n) is 7.92. The molecule has 0 amide bonds. The van der Waals surface area contributed by atoms with E-state index in [2.05, 4.69) is 105 Å². The first-order valence-electron chi connectivity index (χ1n) is 23.4. The van der Waals surface area contributed by atoms with Gasteiger partial charge in [0.05, 0.1) is 12.7 Å². The molecule has 0 N–H and O–H groups in total. The Bertz CT molecular complexity index is 1070. The molecule has 55 heavy (non-hydrogen) atoms. The van der Waals surface area contributed by atoms with Crippen LogP contribution in [0.5, 0.6) is 0 Å². The monoisotopic (exact) mass is 761 g/mol. The minimum atomic E-state index is -0.371. The lowest BCUT2D eigenvalue weighted by Gasteiger charge is -2.31. The summed E-state index contributed by atoms with van der Waals surface area (Å²) in [6, 6.07) is 4.30. The van der Waals surface area contributed by atoms with Crippen molar-refractivity contribution in [1.82, 2.24) is 9.88 Å². The first kappa shape index (κ1) is 49.1. The van der Waals surface area contributed by atoms with Crippen LogP contribution in [0.3, 0.4) is 0 Å². The highest BCUT2D eigenvalue weighted by Gasteiger charge is 2.40. The minimum Gasteiger partial charge on any atom is -0.347 e. The van der Waals surface area contributed by atoms with Gasteiger partial charge in [0, 0.05) is 43.7 Å². The number of allylic oxidation sites excluding steroid dienone is 8. The first-order chi connectivity index (χ1) is 26.9. The van der Waals surface area contributed by atoms with E-state index in [0.717, 1.165) is 51.8 Å². The second kappa shape index (κ2) is 33.0. The van der Waals surface area contributed by atoms with E-state index in [0.29, 0.717) is 0 Å². The van der Waals surface area contributed by atoms with Gasteiger partial charge in [-0.25, -0.2) is 0 Å². The van der Waals surface area contributed by atoms with Gasteiger partial charge in [0.1, 0.15) is 0 Å². The zero-order valence-electron chi connectivity index (χ0n) is 36.9. The van der Waals surface area contributed by atoms with E-state index in [9.17, 15) is 0 Å². The molecule has 1 aromatic rings. The summed E-state index contributed by atoms with van der Waals surface area (Å²) in [5.74, 6) is -0.371. The molecule has 0 spiro atoms. The number of pyridine rings is 1. The lowest BCUT2D eigenvalue weighted by molar-refractivity contribution is -0.180. The van der Waals surface area contributed by atoms with Gasteiger partial charge in [-0.3, -0.25) is 4.98 Å². The molecular formula is C51H88N2O2. The van der Waals surface area contributed by atoms with Gasteiger partial charge in [-0.1, -0.05) is 153 Å². The van der Waals surface area contributed by atoms with Crippen LogP contribution in [0.4, 0.5) is 0 Å². The van der Waals surface area contributed by atoms with Crippen LogP contribution in [0.15, 0.2) is 73.1 Å². The molecule has 0 radical (unpaired) electrons. The largest absolute Gasteiger partial charge is 0.347 e. The van der Waals surface area contributed by atoms with Crippen LogP contribution in [0, 0.1) is 0 Å². The summed E-state index contributed by atoms with van der Waals surface area (Å²) in [5.41, 5.74) is 1.42. The topological polar surface area (TPSA) is 34.6 Å². The number of ether oxygens (including phenoxy) is 2. The number of nitrogens with zero attached hydrogens (tertiary/aromatic N) is 2. The van der Waals surface area contributed by atoms with Crippen LogP contribution < -0.4 is 0 Å². The summed E-state index contributed by atoms with van der Waals surface area (Å²) in [5, 5.41) is 0. The second-order valence-electron chi connectivity index (χ2n) is 17.3. The molecule has 1 aliphatic rings. The van der Waals surface area contributed by atoms with Crippen molar-refractivity contribution in [3.05, 3.63) is 78.7 Å². The number of unbranched alkanes of at least 4 members (excludes halogenated alkanes) is 18. The van der Waals surface area contributed by atoms with Crippen LogP contribution in [0.25, 0.3) is 0 Å². The summed E-state index contributed by atoms with van der Waals surface area (Å²) in [6.45, 7) is 12.0. The smallest absolute Gasteiger partial charge is 0.168 e. The molecule has 1 unspecified atom stereocenters. The highest BCUT2D eigenvalue weighted by molar-refractivity contribution is 5.21. The predicted octanol–water partition coefficient (Wildman–Crippen LogP) is 15.2. The Morgan fingerprint density at radius 3 is 1.55 bits per heavy atom. The summed E-state index contributed by atoms with van der Waals surface area (Å²) in [6.07, 6.45) is 56.7. The molecule has 1 fully saturated rings. The summed E-state index contributed by atoms with van der Waals surface area (Å²) in [7, 11) is 2.25. The Labute approximate surface area is 342 Å². The summed E-state index contributed by atoms with van der Waals surface area (Å²) < 4.78 is 13.5. The Morgan fingerprint density at radius 1 is 0.636 bits per heavy atom. The Morgan fingerprint density at radius 2 is 1.07 bits per heavy atom. The van der Waals surface area contributed by atoms with Crippen LogP contribution in [-0.2, 0) is 14.9 Å². The minimum absolute atomic E-state index is 0.0809. The molecule has 4 heteroatoms. The number of hydrogen-bond donors (Lipinski definition) is 0. The van der Waals surface area contributed by atoms with Gasteiger partial charge in [0.15, 0.2) is 5.79 Å². The summed E-state index contributed by atoms with van der Waals surface area (Å²) in [4.78, 5) is 6.68. The van der Waals surface area contributed by atoms with Crippen LogP contribution >= 0.6 is 0 Å². The third-order valence-corrected chi connectivity index (χ3v) is 11.4. The molecular weight excluding hydrogens is 673 g/mol. The molecule has 1 aromatic heterocycles. The molecule has 1 aliphatic heterocycles. The molecule has 0 bridgehead atoms. The van der Waals surface area contributed by atoms with Gasteiger partial charge < -0.3 is 14.4 Å². The average molecular weight is 761 g/mol. The molecule has 0 saturated carbocycles. The molecule has 0 aromatic carbocycles. The third-order valence-electron chi connectivity index (χ3n) is 11.4. The van der Waals surface area contributed by atoms with E-state index in [-0.39, 0.29) is 17.3 Å². The zero-order chi connectivity index (χ0) is 39.6. The van der Waals surface area contributed by atoms with Gasteiger partial charge in [-0.15, -0.1) is 0 Å². The van der Waals surface area contributed by atoms with E-state index in [1.165, 1.54) is 147 Å². The first-order valence-corrected chi connectivity index (χ1v) is 23.4. The maximum atomic E-state index is 6.88. The van der Waals surface area contributed by atoms with Crippen molar-refractivity contribution in [1.29, 1.82) is 0 Å². The van der Waals surface area contributed by atoms with E-state index in [1.807, 2.05) is 12.4 Å². The third kappa shape index (κ3) is 25.8. The number of likely N-dealkylation sites (N-methyl/N-ethyl adjacent to an activating group) is 1. The van der Waals surface area contributed by atoms with Crippen molar-refractivity contribution >= 4 is 0 Å². The quantitative estimate of drug-likeness (QED) is 0.0504. The maximum absolute atomic E-state index is 6.88. The molecule has 1 saturated heterocycles. The van der Waals surface area contributed by atoms with Crippen LogP contribution in [0.2, 0.25) is 0 Å². The van der Waals surface area contributed by atoms with Crippen molar-refractivity contribution in [3.8, 4) is 0 Å². The Balaban J connectivity index is 1.68. The zero-order valence-corrected chi connectivity index (χ0v) is 36.9. The van der Waals surface area contributed by atoms with Crippen molar-refractivity contribution in [3.63, 3.8) is 0 Å². The lowest BCUT2D eigenvalue weighted by atomic mass is 9.85. The molecule has 4 nitrogen and oxygen atoms in total. The highest BCUT2D eigenvalue weighted by atomic mass is 16.7. The molecule has 0 aliphatic carbocycles. The van der Waals surface area contributed by atoms with Crippen molar-refractivity contribution < 1.29 is 9.47 Å². The van der Waals surface area contributed by atoms with Crippen LogP contribution in [-0.4, -0.2) is 48.5 Å². The van der Waals surface area contributed by atoms with E-state index in [1.54, 1.807) is 0 Å². The van der Waals surface area contributed by atoms with E-state index < -0.39 is 0 Å². The molecule has 2 heterocycles. The Hall–Kier alpha value is -2.01. The number of aromatic nitrogens is 1. The van der Waals surface area contributed by atoms with Crippen molar-refractivity contribution in [2.75, 3.05) is 26.7 Å². The van der Waals surface area contributed by atoms with Gasteiger partial charge in [-0.05, 0) is 108 Å². The normalized spacial score (nSPS) is 16.4. The number of rotatable bonds is 36. The molecule has 314 valence electrons. The maximum Gasteiger partial charge on any atom is 0.168 e. The summed E-state index contributed by atoms with van der Waals surface area (Å²) >= 11 is 0. The van der Waals surface area contributed by atoms with Crippen molar-refractivity contribution in [2.45, 2.75) is 218 Å². The standard InChI is InChI=1S/C51H88N2O2/c1-6-8-10-12-14-16-18-20-22-24-26-28-30-32-34-36-41-51(42-37-35-33-31-29-27-25-23-21-19-17-15-13-11-9-7-2)54-46-49(55-51)40-45-53(5)47-50(3,4)48-38-43-52-44-39-48/h14-17,20-23,38-39,43-44,49H,6-13,18-19,24-37,40-42,45-47H2,1-5H3/b16-14-,17-15-,22-20-,23-21-. The van der Waals surface area contributed by atoms with Gasteiger partial charge >= 0.3 is 0 Å². The van der Waals surface area contributed by atoms with Gasteiger partial charge in [-0.2, -0.15) is 0 Å². The number of hydrogen-bond acceptors (Lipinski definition) is 4. The van der Waals surface area contributed by atoms with Crippen LogP contribution in [0.1, 0.15) is 207 Å².